The monoisotopic (exact) mass is 205 g/mol. The van der Waals surface area contributed by atoms with Gasteiger partial charge in [-0.15, -0.1) is 0 Å². The first-order valence-corrected chi connectivity index (χ1v) is 5.58. The Bertz CT molecular complexity index is 335. The van der Waals surface area contributed by atoms with E-state index in [0.717, 1.165) is 13.0 Å². The number of nitrogens with two attached hydrogens (primary N) is 1. The van der Waals surface area contributed by atoms with E-state index in [-0.39, 0.29) is 11.6 Å². The maximum Gasteiger partial charge on any atom is 0.0825 e. The Hall–Kier alpha value is -0.860. The molecule has 1 saturated heterocycles. The van der Waals surface area contributed by atoms with Gasteiger partial charge in [-0.3, -0.25) is 0 Å². The van der Waals surface area contributed by atoms with Gasteiger partial charge in [-0.25, -0.2) is 0 Å². The van der Waals surface area contributed by atoms with Crippen LogP contribution in [0, 0.1) is 0 Å². The van der Waals surface area contributed by atoms with Crippen LogP contribution in [0.1, 0.15) is 43.9 Å². The summed E-state index contributed by atoms with van der Waals surface area (Å²) >= 11 is 0. The Morgan fingerprint density at radius 1 is 1.40 bits per heavy atom. The van der Waals surface area contributed by atoms with Crippen molar-refractivity contribution >= 4 is 0 Å². The van der Waals surface area contributed by atoms with Gasteiger partial charge in [-0.2, -0.15) is 0 Å². The second kappa shape index (κ2) is 3.95. The summed E-state index contributed by atoms with van der Waals surface area (Å²) in [5.74, 6) is 0. The average molecular weight is 205 g/mol. The molecule has 15 heavy (non-hydrogen) atoms. The van der Waals surface area contributed by atoms with E-state index in [9.17, 15) is 0 Å². The topological polar surface area (TPSA) is 35.2 Å². The second-order valence-corrected chi connectivity index (χ2v) is 4.85. The molecule has 2 heteroatoms. The van der Waals surface area contributed by atoms with Gasteiger partial charge in [-0.1, -0.05) is 24.3 Å². The van der Waals surface area contributed by atoms with Gasteiger partial charge in [-0.05, 0) is 37.8 Å². The fourth-order valence-corrected chi connectivity index (χ4v) is 1.98. The molecule has 0 aromatic heterocycles. The van der Waals surface area contributed by atoms with Crippen LogP contribution in [0.2, 0.25) is 0 Å². The summed E-state index contributed by atoms with van der Waals surface area (Å²) in [6.07, 6.45) is 2.59. The van der Waals surface area contributed by atoms with Crippen molar-refractivity contribution in [2.75, 3.05) is 6.61 Å². The van der Waals surface area contributed by atoms with Crippen LogP contribution in [0.5, 0.6) is 0 Å². The zero-order valence-electron chi connectivity index (χ0n) is 9.49. The summed E-state index contributed by atoms with van der Waals surface area (Å²) in [7, 11) is 0. The minimum Gasteiger partial charge on any atom is -0.374 e. The molecule has 1 aromatic rings. The lowest BCUT2D eigenvalue weighted by atomic mass is 9.92. The van der Waals surface area contributed by atoms with Crippen molar-refractivity contribution in [1.29, 1.82) is 0 Å². The van der Waals surface area contributed by atoms with Crippen LogP contribution < -0.4 is 5.73 Å². The fraction of sp³-hybridized carbons (Fsp3) is 0.538. The molecule has 0 saturated carbocycles. The van der Waals surface area contributed by atoms with Crippen LogP contribution in [0.15, 0.2) is 24.3 Å². The maximum absolute atomic E-state index is 6.08. The van der Waals surface area contributed by atoms with E-state index in [2.05, 4.69) is 24.3 Å². The Balaban J connectivity index is 2.26. The van der Waals surface area contributed by atoms with Crippen molar-refractivity contribution in [3.05, 3.63) is 35.4 Å². The minimum atomic E-state index is -0.269. The molecule has 1 aromatic carbocycles. The summed E-state index contributed by atoms with van der Waals surface area (Å²) in [6.45, 7) is 4.95. The van der Waals surface area contributed by atoms with Crippen molar-refractivity contribution < 1.29 is 4.74 Å². The van der Waals surface area contributed by atoms with E-state index in [0.29, 0.717) is 0 Å². The van der Waals surface area contributed by atoms with Crippen LogP contribution in [-0.4, -0.2) is 6.61 Å². The van der Waals surface area contributed by atoms with Gasteiger partial charge >= 0.3 is 0 Å². The van der Waals surface area contributed by atoms with E-state index in [1.807, 2.05) is 13.8 Å². The molecule has 2 nitrogen and oxygen atoms in total. The summed E-state index contributed by atoms with van der Waals surface area (Å²) < 4.78 is 5.67. The lowest BCUT2D eigenvalue weighted by molar-refractivity contribution is 0.112. The number of hydrogen-bond donors (Lipinski definition) is 1. The van der Waals surface area contributed by atoms with Crippen molar-refractivity contribution in [3.63, 3.8) is 0 Å². The predicted molar refractivity (Wildman–Crippen MR) is 61.6 cm³/mol. The highest BCUT2D eigenvalue weighted by Gasteiger charge is 2.20. The van der Waals surface area contributed by atoms with E-state index >= 15 is 0 Å². The quantitative estimate of drug-likeness (QED) is 0.805. The molecule has 0 amide bonds. The van der Waals surface area contributed by atoms with Gasteiger partial charge in [0.2, 0.25) is 0 Å². The van der Waals surface area contributed by atoms with E-state index in [1.165, 1.54) is 17.5 Å². The van der Waals surface area contributed by atoms with E-state index in [1.54, 1.807) is 0 Å². The molecule has 82 valence electrons. The normalized spacial score (nSPS) is 21.9. The molecule has 1 fully saturated rings. The molecule has 2 N–H and O–H groups in total. The van der Waals surface area contributed by atoms with Crippen LogP contribution >= 0.6 is 0 Å². The molecule has 1 aliphatic rings. The average Bonchev–Trinajstić information content (AvgIpc) is 2.69. The highest BCUT2D eigenvalue weighted by Crippen LogP contribution is 2.30. The van der Waals surface area contributed by atoms with Crippen LogP contribution in [0.25, 0.3) is 0 Å². The van der Waals surface area contributed by atoms with Crippen LogP contribution in [0.3, 0.4) is 0 Å². The second-order valence-electron chi connectivity index (χ2n) is 4.85. The molecule has 2 rings (SSSR count). The fourth-order valence-electron chi connectivity index (χ4n) is 1.98. The molecule has 1 heterocycles. The summed E-state index contributed by atoms with van der Waals surface area (Å²) in [5.41, 5.74) is 8.26. The molecule has 0 aliphatic carbocycles. The molecule has 1 aliphatic heterocycles. The molecular formula is C13H19NO. The highest BCUT2D eigenvalue weighted by molar-refractivity contribution is 5.29. The summed E-state index contributed by atoms with van der Waals surface area (Å²) in [6, 6.07) is 8.46. The van der Waals surface area contributed by atoms with E-state index < -0.39 is 0 Å². The standard InChI is InChI=1S/C13H19NO/c1-13(2,14)11-6-3-5-10(9-11)12-7-4-8-15-12/h3,5-6,9,12H,4,7-8,14H2,1-2H3. The molecule has 0 bridgehead atoms. The number of hydrogen-bond acceptors (Lipinski definition) is 2. The Labute approximate surface area is 91.4 Å². The molecular weight excluding hydrogens is 186 g/mol. The summed E-state index contributed by atoms with van der Waals surface area (Å²) in [5, 5.41) is 0. The number of benzene rings is 1. The van der Waals surface area contributed by atoms with Gasteiger partial charge in [0.1, 0.15) is 0 Å². The maximum atomic E-state index is 6.08. The summed E-state index contributed by atoms with van der Waals surface area (Å²) in [4.78, 5) is 0. The van der Waals surface area contributed by atoms with Gasteiger partial charge in [0.25, 0.3) is 0 Å². The van der Waals surface area contributed by atoms with Crippen molar-refractivity contribution in [1.82, 2.24) is 0 Å². The Kier molecular flexibility index (Phi) is 2.81. The Morgan fingerprint density at radius 2 is 2.20 bits per heavy atom. The van der Waals surface area contributed by atoms with Gasteiger partial charge in [0, 0.05) is 12.1 Å². The van der Waals surface area contributed by atoms with Crippen LogP contribution in [0.4, 0.5) is 0 Å². The predicted octanol–water partition coefficient (Wildman–Crippen LogP) is 2.73. The van der Waals surface area contributed by atoms with Crippen molar-refractivity contribution in [3.8, 4) is 0 Å². The van der Waals surface area contributed by atoms with Crippen molar-refractivity contribution in [2.45, 2.75) is 38.3 Å². The van der Waals surface area contributed by atoms with E-state index in [4.69, 9.17) is 10.5 Å². The van der Waals surface area contributed by atoms with Gasteiger partial charge in [0.05, 0.1) is 6.10 Å². The zero-order valence-corrected chi connectivity index (χ0v) is 9.49. The Morgan fingerprint density at radius 3 is 2.80 bits per heavy atom. The lowest BCUT2D eigenvalue weighted by Gasteiger charge is -2.21. The first-order valence-electron chi connectivity index (χ1n) is 5.58. The largest absolute Gasteiger partial charge is 0.374 e. The first kappa shape index (κ1) is 10.7. The third-order valence-electron chi connectivity index (χ3n) is 2.93. The molecule has 1 unspecified atom stereocenters. The minimum absolute atomic E-state index is 0.269. The third-order valence-corrected chi connectivity index (χ3v) is 2.93. The lowest BCUT2D eigenvalue weighted by Crippen LogP contribution is -2.28. The number of rotatable bonds is 2. The SMILES string of the molecule is CC(C)(N)c1cccc(C2CCCO2)c1. The third kappa shape index (κ3) is 2.39. The number of ether oxygens (including phenoxy) is 1. The van der Waals surface area contributed by atoms with Gasteiger partial charge < -0.3 is 10.5 Å². The zero-order chi connectivity index (χ0) is 10.9. The first-order chi connectivity index (χ1) is 7.07. The van der Waals surface area contributed by atoms with Crippen molar-refractivity contribution in [2.24, 2.45) is 5.73 Å². The molecule has 1 atom stereocenters. The smallest absolute Gasteiger partial charge is 0.0825 e. The highest BCUT2D eigenvalue weighted by atomic mass is 16.5. The molecule has 0 spiro atoms. The van der Waals surface area contributed by atoms with Crippen LogP contribution in [-0.2, 0) is 10.3 Å². The molecule has 0 radical (unpaired) electrons. The van der Waals surface area contributed by atoms with Gasteiger partial charge in [0.15, 0.2) is 0 Å².